The molecule has 21 heavy (non-hydrogen) atoms. The molecule has 2 aromatic rings. The topological polar surface area (TPSA) is 89.1 Å². The van der Waals surface area contributed by atoms with E-state index >= 15 is 0 Å². The van der Waals surface area contributed by atoms with Gasteiger partial charge in [0.25, 0.3) is 5.75 Å². The van der Waals surface area contributed by atoms with Gasteiger partial charge in [-0.25, -0.2) is 4.79 Å². The molecule has 6 heteroatoms. The summed E-state index contributed by atoms with van der Waals surface area (Å²) in [7, 11) is 0. The fourth-order valence-electron chi connectivity index (χ4n) is 1.75. The quantitative estimate of drug-likeness (QED) is 0.626. The molecule has 0 spiro atoms. The molecule has 0 aliphatic rings. The standard InChI is InChI=1S/C15H16O6/c1-2-3-8-20-14-12(17)10-5-4-6-11(19-9-7-16)13(10)21-15(14)18/h3-6,8,16-17H,2,7,9H2,1H3/b8-3+. The first-order chi connectivity index (χ1) is 10.2. The second-order valence-electron chi connectivity index (χ2n) is 4.17. The summed E-state index contributed by atoms with van der Waals surface area (Å²) in [5.74, 6) is -0.312. The number of aromatic hydroxyl groups is 1. The smallest absolute Gasteiger partial charge is 0.383 e. The van der Waals surface area contributed by atoms with Gasteiger partial charge in [-0.15, -0.1) is 0 Å². The van der Waals surface area contributed by atoms with Crippen molar-refractivity contribution in [3.05, 3.63) is 41.0 Å². The fraction of sp³-hybridized carbons (Fsp3) is 0.267. The van der Waals surface area contributed by atoms with Gasteiger partial charge in [-0.05, 0) is 24.6 Å². The van der Waals surface area contributed by atoms with E-state index in [1.807, 2.05) is 6.92 Å². The maximum absolute atomic E-state index is 11.9. The SMILES string of the molecule is CC/C=C/Oc1c(O)c2cccc(OCCO)c2oc1=O. The van der Waals surface area contributed by atoms with Gasteiger partial charge in [0.15, 0.2) is 17.1 Å². The van der Waals surface area contributed by atoms with Crippen molar-refractivity contribution in [2.24, 2.45) is 0 Å². The van der Waals surface area contributed by atoms with E-state index in [1.165, 1.54) is 6.26 Å². The zero-order valence-corrected chi connectivity index (χ0v) is 11.5. The zero-order valence-electron chi connectivity index (χ0n) is 11.5. The number of allylic oxidation sites excluding steroid dienone is 1. The minimum absolute atomic E-state index is 0.0566. The average molecular weight is 292 g/mol. The number of fused-ring (bicyclic) bond motifs is 1. The fourth-order valence-corrected chi connectivity index (χ4v) is 1.75. The Morgan fingerprint density at radius 3 is 2.90 bits per heavy atom. The molecule has 1 aromatic carbocycles. The largest absolute Gasteiger partial charge is 0.504 e. The van der Waals surface area contributed by atoms with Gasteiger partial charge < -0.3 is 24.1 Å². The number of hydrogen-bond acceptors (Lipinski definition) is 6. The molecule has 0 saturated heterocycles. The predicted octanol–water partition coefficient (Wildman–Crippen LogP) is 2.17. The van der Waals surface area contributed by atoms with Crippen LogP contribution in [0.5, 0.6) is 17.2 Å². The van der Waals surface area contributed by atoms with Crippen molar-refractivity contribution in [1.82, 2.24) is 0 Å². The number of ether oxygens (including phenoxy) is 2. The van der Waals surface area contributed by atoms with Crippen molar-refractivity contribution in [3.8, 4) is 17.2 Å². The first kappa shape index (κ1) is 14.9. The van der Waals surface area contributed by atoms with Crippen molar-refractivity contribution in [2.45, 2.75) is 13.3 Å². The lowest BCUT2D eigenvalue weighted by Crippen LogP contribution is -2.06. The van der Waals surface area contributed by atoms with Crippen molar-refractivity contribution >= 4 is 11.0 Å². The number of aliphatic hydroxyl groups excluding tert-OH is 1. The normalized spacial score (nSPS) is 11.1. The second kappa shape index (κ2) is 6.81. The third-order valence-electron chi connectivity index (χ3n) is 2.70. The highest BCUT2D eigenvalue weighted by atomic mass is 16.5. The average Bonchev–Trinajstić information content (AvgIpc) is 2.49. The summed E-state index contributed by atoms with van der Waals surface area (Å²) < 4.78 is 15.5. The van der Waals surface area contributed by atoms with Crippen LogP contribution in [0.25, 0.3) is 11.0 Å². The summed E-state index contributed by atoms with van der Waals surface area (Å²) in [6, 6.07) is 4.80. The minimum atomic E-state index is -0.805. The van der Waals surface area contributed by atoms with E-state index in [0.29, 0.717) is 5.39 Å². The van der Waals surface area contributed by atoms with Gasteiger partial charge in [-0.3, -0.25) is 0 Å². The molecular weight excluding hydrogens is 276 g/mol. The second-order valence-corrected chi connectivity index (χ2v) is 4.17. The third-order valence-corrected chi connectivity index (χ3v) is 2.70. The summed E-state index contributed by atoms with van der Waals surface area (Å²) in [4.78, 5) is 11.9. The molecule has 1 heterocycles. The van der Waals surface area contributed by atoms with E-state index in [-0.39, 0.29) is 36.0 Å². The summed E-state index contributed by atoms with van der Waals surface area (Å²) in [5.41, 5.74) is -0.693. The number of hydrogen-bond donors (Lipinski definition) is 2. The summed E-state index contributed by atoms with van der Waals surface area (Å²) >= 11 is 0. The summed E-state index contributed by atoms with van der Waals surface area (Å²) in [6.07, 6.45) is 3.76. The Morgan fingerprint density at radius 1 is 1.38 bits per heavy atom. The lowest BCUT2D eigenvalue weighted by Gasteiger charge is -2.09. The van der Waals surface area contributed by atoms with Crippen LogP contribution in [-0.4, -0.2) is 23.4 Å². The minimum Gasteiger partial charge on any atom is -0.504 e. The molecule has 6 nitrogen and oxygen atoms in total. The van der Waals surface area contributed by atoms with Gasteiger partial charge in [0.2, 0.25) is 0 Å². The van der Waals surface area contributed by atoms with E-state index in [9.17, 15) is 9.90 Å². The van der Waals surface area contributed by atoms with Gasteiger partial charge in [0, 0.05) is 0 Å². The molecule has 0 unspecified atom stereocenters. The van der Waals surface area contributed by atoms with Crippen LogP contribution in [0.2, 0.25) is 0 Å². The molecule has 0 aliphatic heterocycles. The van der Waals surface area contributed by atoms with Gasteiger partial charge in [0.1, 0.15) is 6.61 Å². The molecule has 1 aromatic heterocycles. The Bertz CT molecular complexity index is 701. The molecule has 0 fully saturated rings. The van der Waals surface area contributed by atoms with Crippen LogP contribution < -0.4 is 15.1 Å². The van der Waals surface area contributed by atoms with Crippen LogP contribution in [-0.2, 0) is 0 Å². The Labute approximate surface area is 120 Å². The van der Waals surface area contributed by atoms with E-state index in [4.69, 9.17) is 19.0 Å². The first-order valence-corrected chi connectivity index (χ1v) is 6.53. The van der Waals surface area contributed by atoms with E-state index in [2.05, 4.69) is 0 Å². The molecule has 0 radical (unpaired) electrons. The van der Waals surface area contributed by atoms with Crippen molar-refractivity contribution in [1.29, 1.82) is 0 Å². The van der Waals surface area contributed by atoms with Crippen LogP contribution in [0, 0.1) is 0 Å². The van der Waals surface area contributed by atoms with Crippen LogP contribution in [0.1, 0.15) is 13.3 Å². The Morgan fingerprint density at radius 2 is 2.19 bits per heavy atom. The highest BCUT2D eigenvalue weighted by Gasteiger charge is 2.17. The number of aliphatic hydroxyl groups is 1. The maximum atomic E-state index is 11.9. The number of rotatable bonds is 6. The number of para-hydroxylation sites is 1. The predicted molar refractivity (Wildman–Crippen MR) is 76.8 cm³/mol. The molecule has 112 valence electrons. The van der Waals surface area contributed by atoms with Crippen molar-refractivity contribution in [3.63, 3.8) is 0 Å². The highest BCUT2D eigenvalue weighted by Crippen LogP contribution is 2.35. The molecule has 0 aliphatic carbocycles. The van der Waals surface area contributed by atoms with Gasteiger partial charge in [-0.1, -0.05) is 13.0 Å². The Hall–Kier alpha value is -2.47. The number of benzene rings is 1. The molecule has 0 saturated carbocycles. The maximum Gasteiger partial charge on any atom is 0.383 e. The molecule has 2 rings (SSSR count). The molecule has 0 bridgehead atoms. The Kier molecular flexibility index (Phi) is 4.84. The van der Waals surface area contributed by atoms with Crippen LogP contribution >= 0.6 is 0 Å². The van der Waals surface area contributed by atoms with Crippen LogP contribution in [0.4, 0.5) is 0 Å². The highest BCUT2D eigenvalue weighted by molar-refractivity contribution is 5.89. The molecular formula is C15H16O6. The molecule has 2 N–H and O–H groups in total. The van der Waals surface area contributed by atoms with Gasteiger partial charge in [-0.2, -0.15) is 0 Å². The summed E-state index contributed by atoms with van der Waals surface area (Å²) in [5, 5.41) is 19.2. The van der Waals surface area contributed by atoms with Gasteiger partial charge >= 0.3 is 5.63 Å². The molecule has 0 atom stereocenters. The van der Waals surface area contributed by atoms with Gasteiger partial charge in [0.05, 0.1) is 18.3 Å². The van der Waals surface area contributed by atoms with E-state index < -0.39 is 5.63 Å². The van der Waals surface area contributed by atoms with Crippen LogP contribution in [0.15, 0.2) is 39.7 Å². The zero-order chi connectivity index (χ0) is 15.2. The van der Waals surface area contributed by atoms with Crippen molar-refractivity contribution < 1.29 is 24.1 Å². The molecule has 0 amide bonds. The summed E-state index contributed by atoms with van der Waals surface area (Å²) in [6.45, 7) is 1.80. The Balaban J connectivity index is 2.52. The van der Waals surface area contributed by atoms with Crippen molar-refractivity contribution in [2.75, 3.05) is 13.2 Å². The van der Waals surface area contributed by atoms with E-state index in [0.717, 1.165) is 6.42 Å². The third kappa shape index (κ3) is 3.17. The lowest BCUT2D eigenvalue weighted by molar-refractivity contribution is 0.201. The first-order valence-electron chi connectivity index (χ1n) is 6.53. The van der Waals surface area contributed by atoms with E-state index in [1.54, 1.807) is 24.3 Å². The lowest BCUT2D eigenvalue weighted by atomic mass is 10.2. The van der Waals surface area contributed by atoms with Crippen LogP contribution in [0.3, 0.4) is 0 Å². The monoisotopic (exact) mass is 292 g/mol.